The molecule has 0 radical (unpaired) electrons. The highest BCUT2D eigenvalue weighted by atomic mass is 32.2. The van der Waals surface area contributed by atoms with Crippen molar-refractivity contribution in [2.45, 2.75) is 26.3 Å². The highest BCUT2D eigenvalue weighted by molar-refractivity contribution is 7.89. The van der Waals surface area contributed by atoms with Crippen LogP contribution >= 0.6 is 0 Å². The van der Waals surface area contributed by atoms with Crippen LogP contribution in [0, 0.1) is 5.92 Å². The Balaban J connectivity index is 1.80. The summed E-state index contributed by atoms with van der Waals surface area (Å²) in [5.41, 5.74) is 0. The molecule has 0 atom stereocenters. The van der Waals surface area contributed by atoms with Crippen molar-refractivity contribution in [1.29, 1.82) is 0 Å². The number of hydrogen-bond donors (Lipinski definition) is 1. The van der Waals surface area contributed by atoms with Crippen molar-refractivity contribution in [3.05, 3.63) is 0 Å². The molecule has 0 aliphatic carbocycles. The Morgan fingerprint density at radius 3 is 2.22 bits per heavy atom. The van der Waals surface area contributed by atoms with Gasteiger partial charge in [0.1, 0.15) is 0 Å². The monoisotopic (exact) mass is 275 g/mol. The number of piperazine rings is 1. The molecule has 2 saturated heterocycles. The molecule has 2 heterocycles. The van der Waals surface area contributed by atoms with Crippen molar-refractivity contribution >= 4 is 10.0 Å². The van der Waals surface area contributed by atoms with Gasteiger partial charge < -0.3 is 5.32 Å². The Labute approximate surface area is 111 Å². The third-order valence-electron chi connectivity index (χ3n) is 3.90. The van der Waals surface area contributed by atoms with Crippen LogP contribution in [0.3, 0.4) is 0 Å². The number of sulfonamides is 1. The molecule has 2 fully saturated rings. The zero-order valence-corrected chi connectivity index (χ0v) is 12.2. The number of rotatable bonds is 5. The maximum Gasteiger partial charge on any atom is 0.214 e. The molecule has 2 aliphatic rings. The van der Waals surface area contributed by atoms with Gasteiger partial charge in [-0.15, -0.1) is 0 Å². The summed E-state index contributed by atoms with van der Waals surface area (Å²) in [6.45, 7) is 9.34. The van der Waals surface area contributed by atoms with Crippen LogP contribution in [-0.2, 0) is 10.0 Å². The molecule has 0 bridgehead atoms. The zero-order valence-electron chi connectivity index (χ0n) is 11.4. The number of nitrogens with zero attached hydrogens (tertiary/aromatic N) is 2. The smallest absolute Gasteiger partial charge is 0.214 e. The third kappa shape index (κ3) is 3.44. The van der Waals surface area contributed by atoms with Crippen molar-refractivity contribution < 1.29 is 8.42 Å². The zero-order chi connectivity index (χ0) is 13.2. The summed E-state index contributed by atoms with van der Waals surface area (Å²) in [5.74, 6) is 0.748. The first kappa shape index (κ1) is 14.2. The van der Waals surface area contributed by atoms with E-state index in [4.69, 9.17) is 0 Å². The normalized spacial score (nSPS) is 24.4. The molecule has 0 spiro atoms. The molecule has 0 unspecified atom stereocenters. The molecule has 0 amide bonds. The van der Waals surface area contributed by atoms with Crippen LogP contribution in [0.25, 0.3) is 0 Å². The highest BCUT2D eigenvalue weighted by Crippen LogP contribution is 2.14. The van der Waals surface area contributed by atoms with Crippen LogP contribution in [0.15, 0.2) is 0 Å². The van der Waals surface area contributed by atoms with E-state index in [1.807, 2.05) is 0 Å². The van der Waals surface area contributed by atoms with Gasteiger partial charge in [0.25, 0.3) is 0 Å². The third-order valence-corrected chi connectivity index (χ3v) is 5.80. The second-order valence-corrected chi connectivity index (χ2v) is 7.83. The molecule has 106 valence electrons. The molecule has 1 N–H and O–H groups in total. The number of hydrogen-bond acceptors (Lipinski definition) is 4. The summed E-state index contributed by atoms with van der Waals surface area (Å²) >= 11 is 0. The van der Waals surface area contributed by atoms with E-state index in [0.717, 1.165) is 32.6 Å². The Kier molecular flexibility index (Phi) is 4.64. The van der Waals surface area contributed by atoms with Crippen LogP contribution in [0.4, 0.5) is 0 Å². The van der Waals surface area contributed by atoms with Crippen molar-refractivity contribution in [2.24, 2.45) is 5.92 Å². The van der Waals surface area contributed by atoms with E-state index >= 15 is 0 Å². The van der Waals surface area contributed by atoms with Crippen molar-refractivity contribution in [3.63, 3.8) is 0 Å². The predicted molar refractivity (Wildman–Crippen MR) is 73.0 cm³/mol. The summed E-state index contributed by atoms with van der Waals surface area (Å²) in [7, 11) is -3.03. The van der Waals surface area contributed by atoms with Gasteiger partial charge in [-0.3, -0.25) is 4.90 Å². The van der Waals surface area contributed by atoms with Gasteiger partial charge in [0.15, 0.2) is 0 Å². The molecule has 0 aromatic carbocycles. The maximum absolute atomic E-state index is 12.1. The fourth-order valence-electron chi connectivity index (χ4n) is 2.39. The second kappa shape index (κ2) is 5.86. The van der Waals surface area contributed by atoms with E-state index in [0.29, 0.717) is 30.8 Å². The second-order valence-electron chi connectivity index (χ2n) is 5.75. The molecule has 0 saturated carbocycles. The molecule has 2 rings (SSSR count). The van der Waals surface area contributed by atoms with Gasteiger partial charge in [-0.1, -0.05) is 13.8 Å². The van der Waals surface area contributed by atoms with E-state index in [9.17, 15) is 8.42 Å². The van der Waals surface area contributed by atoms with Gasteiger partial charge in [-0.25, -0.2) is 8.42 Å². The Hall–Kier alpha value is -0.170. The topological polar surface area (TPSA) is 52.7 Å². The van der Waals surface area contributed by atoms with Crippen LogP contribution in [0.2, 0.25) is 0 Å². The predicted octanol–water partition coefficient (Wildman–Crippen LogP) is -0.0483. The minimum Gasteiger partial charge on any atom is -0.314 e. The maximum atomic E-state index is 12.1. The summed E-state index contributed by atoms with van der Waals surface area (Å²) in [6, 6.07) is 0.630. The molecule has 18 heavy (non-hydrogen) atoms. The quantitative estimate of drug-likeness (QED) is 0.764. The van der Waals surface area contributed by atoms with Gasteiger partial charge in [0.2, 0.25) is 10.0 Å². The molecule has 5 nitrogen and oxygen atoms in total. The summed E-state index contributed by atoms with van der Waals surface area (Å²) < 4.78 is 26.0. The first-order valence-corrected chi connectivity index (χ1v) is 8.52. The molecule has 0 aromatic rings. The van der Waals surface area contributed by atoms with Gasteiger partial charge in [0.05, 0.1) is 5.75 Å². The van der Waals surface area contributed by atoms with E-state index in [2.05, 4.69) is 24.1 Å². The lowest BCUT2D eigenvalue weighted by Crippen LogP contribution is -2.62. The first-order valence-electron chi connectivity index (χ1n) is 6.91. The highest BCUT2D eigenvalue weighted by Gasteiger charge is 2.31. The Bertz CT molecular complexity index is 358. The lowest BCUT2D eigenvalue weighted by molar-refractivity contribution is 0.103. The van der Waals surface area contributed by atoms with E-state index in [-0.39, 0.29) is 0 Å². The minimum atomic E-state index is -3.03. The van der Waals surface area contributed by atoms with Gasteiger partial charge in [-0.2, -0.15) is 4.31 Å². The minimum absolute atomic E-state index is 0.301. The van der Waals surface area contributed by atoms with Crippen molar-refractivity contribution in [1.82, 2.24) is 14.5 Å². The summed E-state index contributed by atoms with van der Waals surface area (Å²) in [6.07, 6.45) is 0.759. The average molecular weight is 275 g/mol. The fraction of sp³-hybridized carbons (Fsp3) is 1.00. The Morgan fingerprint density at radius 1 is 1.17 bits per heavy atom. The number of nitrogens with one attached hydrogen (secondary N) is 1. The van der Waals surface area contributed by atoms with Gasteiger partial charge >= 0.3 is 0 Å². The van der Waals surface area contributed by atoms with Crippen LogP contribution < -0.4 is 5.32 Å². The lowest BCUT2D eigenvalue weighted by Gasteiger charge is -2.42. The first-order chi connectivity index (χ1) is 8.49. The van der Waals surface area contributed by atoms with E-state index in [1.165, 1.54) is 0 Å². The van der Waals surface area contributed by atoms with E-state index in [1.54, 1.807) is 4.31 Å². The standard InChI is InChI=1S/C12H25N3O2S/c1-11(2)3-8-18(16,17)15-6-4-14(5-7-15)12-9-13-10-12/h11-13H,3-10H2,1-2H3. The van der Waals surface area contributed by atoms with Crippen LogP contribution in [0.1, 0.15) is 20.3 Å². The van der Waals surface area contributed by atoms with Gasteiger partial charge in [-0.05, 0) is 12.3 Å². The van der Waals surface area contributed by atoms with Crippen molar-refractivity contribution in [3.8, 4) is 0 Å². The average Bonchev–Trinajstić information content (AvgIpc) is 2.25. The lowest BCUT2D eigenvalue weighted by atomic mass is 10.1. The molecule has 2 aliphatic heterocycles. The fourth-order valence-corrected chi connectivity index (χ4v) is 4.14. The molecular formula is C12H25N3O2S. The van der Waals surface area contributed by atoms with Crippen LogP contribution in [-0.4, -0.2) is 68.7 Å². The van der Waals surface area contributed by atoms with E-state index < -0.39 is 10.0 Å². The molecular weight excluding hydrogens is 250 g/mol. The molecule has 0 aromatic heterocycles. The largest absolute Gasteiger partial charge is 0.314 e. The summed E-state index contributed by atoms with van der Waals surface area (Å²) in [4.78, 5) is 2.41. The van der Waals surface area contributed by atoms with Crippen LogP contribution in [0.5, 0.6) is 0 Å². The summed E-state index contributed by atoms with van der Waals surface area (Å²) in [5, 5.41) is 3.26. The SMILES string of the molecule is CC(C)CCS(=O)(=O)N1CCN(C2CNC2)CC1. The van der Waals surface area contributed by atoms with Crippen molar-refractivity contribution in [2.75, 3.05) is 45.0 Å². The Morgan fingerprint density at radius 2 is 1.78 bits per heavy atom. The van der Waals surface area contributed by atoms with Gasteiger partial charge in [0, 0.05) is 45.3 Å². The molecule has 6 heteroatoms.